The van der Waals surface area contributed by atoms with Crippen molar-refractivity contribution in [3.8, 4) is 0 Å². The van der Waals surface area contributed by atoms with Crippen LogP contribution in [0.4, 0.5) is 10.1 Å². The Labute approximate surface area is 122 Å². The summed E-state index contributed by atoms with van der Waals surface area (Å²) in [6.07, 6.45) is 6.94. The van der Waals surface area contributed by atoms with Crippen LogP contribution in [-0.4, -0.2) is 14.5 Å². The monoisotopic (exact) mass is 282 g/mol. The lowest BCUT2D eigenvalue weighted by Gasteiger charge is -2.20. The number of imidazole rings is 1. The third kappa shape index (κ3) is 2.76. The zero-order valence-electron chi connectivity index (χ0n) is 11.6. The molecule has 5 heteroatoms. The Kier molecular flexibility index (Phi) is 3.64. The van der Waals surface area contributed by atoms with Gasteiger partial charge >= 0.3 is 0 Å². The van der Waals surface area contributed by atoms with Crippen LogP contribution in [0, 0.1) is 5.82 Å². The summed E-state index contributed by atoms with van der Waals surface area (Å²) in [5, 5.41) is 3.32. The Bertz CT molecular complexity index is 724. The molecule has 106 valence electrons. The molecule has 2 aromatic heterocycles. The van der Waals surface area contributed by atoms with E-state index in [4.69, 9.17) is 0 Å². The third-order valence-electron chi connectivity index (χ3n) is 3.32. The van der Waals surface area contributed by atoms with Gasteiger partial charge in [-0.15, -0.1) is 0 Å². The highest BCUT2D eigenvalue weighted by atomic mass is 19.1. The lowest BCUT2D eigenvalue weighted by Crippen LogP contribution is -2.18. The van der Waals surface area contributed by atoms with Gasteiger partial charge < -0.3 is 9.88 Å². The summed E-state index contributed by atoms with van der Waals surface area (Å²) in [6.45, 7) is 0. The number of rotatable bonds is 4. The molecule has 21 heavy (non-hydrogen) atoms. The highest BCUT2D eigenvalue weighted by Gasteiger charge is 2.21. The Balaban J connectivity index is 2.04. The van der Waals surface area contributed by atoms with E-state index in [1.165, 1.54) is 6.07 Å². The van der Waals surface area contributed by atoms with Crippen LogP contribution in [-0.2, 0) is 7.05 Å². The van der Waals surface area contributed by atoms with E-state index in [9.17, 15) is 4.39 Å². The maximum absolute atomic E-state index is 14.2. The number of hydrogen-bond acceptors (Lipinski definition) is 3. The molecule has 1 atom stereocenters. The number of nitrogens with zero attached hydrogens (tertiary/aromatic N) is 3. The Morgan fingerprint density at radius 2 is 1.86 bits per heavy atom. The molecule has 0 bridgehead atoms. The molecular formula is C16H15FN4. The first-order valence-corrected chi connectivity index (χ1v) is 6.64. The van der Waals surface area contributed by atoms with Crippen LogP contribution in [0.1, 0.15) is 17.4 Å². The molecule has 4 nitrogen and oxygen atoms in total. The fraction of sp³-hybridized carbons (Fsp3) is 0.125. The molecule has 3 aromatic rings. The van der Waals surface area contributed by atoms with Gasteiger partial charge in [0.2, 0.25) is 0 Å². The summed E-state index contributed by atoms with van der Waals surface area (Å²) in [6, 6.07) is 10.0. The minimum Gasteiger partial charge on any atom is -0.371 e. The van der Waals surface area contributed by atoms with Gasteiger partial charge in [-0.25, -0.2) is 9.37 Å². The van der Waals surface area contributed by atoms with E-state index >= 15 is 0 Å². The second-order valence-corrected chi connectivity index (χ2v) is 4.73. The van der Waals surface area contributed by atoms with E-state index < -0.39 is 0 Å². The number of nitrogens with one attached hydrogen (secondary N) is 1. The minimum absolute atomic E-state index is 0.257. The number of aromatic nitrogens is 3. The molecule has 0 saturated carbocycles. The number of halogens is 1. The Morgan fingerprint density at radius 3 is 2.52 bits per heavy atom. The summed E-state index contributed by atoms with van der Waals surface area (Å²) in [4.78, 5) is 8.34. The van der Waals surface area contributed by atoms with Crippen LogP contribution in [0.2, 0.25) is 0 Å². The molecule has 0 aliphatic heterocycles. The Morgan fingerprint density at radius 1 is 1.10 bits per heavy atom. The maximum atomic E-state index is 14.2. The second kappa shape index (κ2) is 5.75. The van der Waals surface area contributed by atoms with E-state index in [0.717, 1.165) is 11.5 Å². The molecule has 1 aromatic carbocycles. The van der Waals surface area contributed by atoms with Gasteiger partial charge in [-0.1, -0.05) is 18.2 Å². The zero-order valence-corrected chi connectivity index (χ0v) is 11.6. The second-order valence-electron chi connectivity index (χ2n) is 4.73. The molecule has 1 N–H and O–H groups in total. The van der Waals surface area contributed by atoms with Crippen LogP contribution in [0.25, 0.3) is 0 Å². The summed E-state index contributed by atoms with van der Waals surface area (Å²) in [7, 11) is 1.89. The molecular weight excluding hydrogens is 267 g/mol. The average molecular weight is 282 g/mol. The fourth-order valence-electron chi connectivity index (χ4n) is 2.26. The van der Waals surface area contributed by atoms with Crippen LogP contribution in [0.5, 0.6) is 0 Å². The van der Waals surface area contributed by atoms with Crippen molar-refractivity contribution in [2.24, 2.45) is 7.05 Å². The highest BCUT2D eigenvalue weighted by Crippen LogP contribution is 2.27. The van der Waals surface area contributed by atoms with Crippen LogP contribution < -0.4 is 5.32 Å². The third-order valence-corrected chi connectivity index (χ3v) is 3.32. The van der Waals surface area contributed by atoms with Crippen molar-refractivity contribution in [1.29, 1.82) is 0 Å². The van der Waals surface area contributed by atoms with Gasteiger partial charge in [-0.2, -0.15) is 0 Å². The summed E-state index contributed by atoms with van der Waals surface area (Å²) in [5.41, 5.74) is 1.42. The summed E-state index contributed by atoms with van der Waals surface area (Å²) in [5.74, 6) is 0.490. The van der Waals surface area contributed by atoms with Gasteiger partial charge in [-0.05, 0) is 18.2 Å². The molecule has 1 unspecified atom stereocenters. The SMILES string of the molecule is Cn1ccnc1C(Nc1ccncc1)c1ccccc1F. The molecule has 0 spiro atoms. The standard InChI is InChI=1S/C16H15FN4/c1-21-11-10-19-16(21)15(13-4-2-3-5-14(13)17)20-12-6-8-18-9-7-12/h2-11,15H,1H3,(H,18,20). The van der Waals surface area contributed by atoms with Gasteiger partial charge in [0.25, 0.3) is 0 Å². The van der Waals surface area contributed by atoms with Gasteiger partial charge in [0.15, 0.2) is 0 Å². The highest BCUT2D eigenvalue weighted by molar-refractivity contribution is 5.46. The smallest absolute Gasteiger partial charge is 0.135 e. The molecule has 0 amide bonds. The molecule has 2 heterocycles. The van der Waals surface area contributed by atoms with Crippen LogP contribution >= 0.6 is 0 Å². The number of aryl methyl sites for hydroxylation is 1. The van der Waals surface area contributed by atoms with Crippen molar-refractivity contribution < 1.29 is 4.39 Å². The van der Waals surface area contributed by atoms with Crippen molar-refractivity contribution in [2.45, 2.75) is 6.04 Å². The van der Waals surface area contributed by atoms with Crippen molar-refractivity contribution in [1.82, 2.24) is 14.5 Å². The van der Waals surface area contributed by atoms with Gasteiger partial charge in [-0.3, -0.25) is 4.98 Å². The number of anilines is 1. The topological polar surface area (TPSA) is 42.7 Å². The van der Waals surface area contributed by atoms with E-state index in [0.29, 0.717) is 5.56 Å². The molecule has 0 aliphatic rings. The van der Waals surface area contributed by atoms with Crippen molar-refractivity contribution in [3.63, 3.8) is 0 Å². The largest absolute Gasteiger partial charge is 0.371 e. The predicted molar refractivity (Wildman–Crippen MR) is 79.3 cm³/mol. The molecule has 0 fully saturated rings. The van der Waals surface area contributed by atoms with Crippen molar-refractivity contribution in [2.75, 3.05) is 5.32 Å². The van der Waals surface area contributed by atoms with E-state index in [-0.39, 0.29) is 11.9 Å². The molecule has 0 radical (unpaired) electrons. The first-order valence-electron chi connectivity index (χ1n) is 6.64. The van der Waals surface area contributed by atoms with Gasteiger partial charge in [0, 0.05) is 43.1 Å². The number of hydrogen-bond donors (Lipinski definition) is 1. The summed E-state index contributed by atoms with van der Waals surface area (Å²) < 4.78 is 16.1. The van der Waals surface area contributed by atoms with Crippen LogP contribution in [0.15, 0.2) is 61.2 Å². The zero-order chi connectivity index (χ0) is 14.7. The quantitative estimate of drug-likeness (QED) is 0.799. The Hall–Kier alpha value is -2.69. The number of pyridine rings is 1. The number of benzene rings is 1. The van der Waals surface area contributed by atoms with Crippen molar-refractivity contribution >= 4 is 5.69 Å². The molecule has 3 rings (SSSR count). The predicted octanol–water partition coefficient (Wildman–Crippen LogP) is 3.16. The van der Waals surface area contributed by atoms with Gasteiger partial charge in [0.05, 0.1) is 0 Å². The molecule has 0 aliphatic carbocycles. The first-order chi connectivity index (χ1) is 10.3. The fourth-order valence-corrected chi connectivity index (χ4v) is 2.26. The molecule has 0 saturated heterocycles. The van der Waals surface area contributed by atoms with E-state index in [1.807, 2.05) is 36.0 Å². The van der Waals surface area contributed by atoms with Gasteiger partial charge in [0.1, 0.15) is 17.7 Å². The van der Waals surface area contributed by atoms with Crippen LogP contribution in [0.3, 0.4) is 0 Å². The summed E-state index contributed by atoms with van der Waals surface area (Å²) >= 11 is 0. The van der Waals surface area contributed by atoms with E-state index in [1.54, 1.807) is 30.7 Å². The van der Waals surface area contributed by atoms with E-state index in [2.05, 4.69) is 15.3 Å². The lowest BCUT2D eigenvalue weighted by atomic mass is 10.0. The lowest BCUT2D eigenvalue weighted by molar-refractivity contribution is 0.596. The maximum Gasteiger partial charge on any atom is 0.135 e. The van der Waals surface area contributed by atoms with Crippen molar-refractivity contribution in [3.05, 3.63) is 78.4 Å². The minimum atomic E-state index is -0.367. The normalized spacial score (nSPS) is 12.1. The average Bonchev–Trinajstić information content (AvgIpc) is 2.93. The first kappa shape index (κ1) is 13.3.